The van der Waals surface area contributed by atoms with Gasteiger partial charge in [0, 0.05) is 11.6 Å². The highest BCUT2D eigenvalue weighted by molar-refractivity contribution is 6.32. The second-order valence-electron chi connectivity index (χ2n) is 4.17. The lowest BCUT2D eigenvalue weighted by atomic mass is 10.2. The second-order valence-corrected chi connectivity index (χ2v) is 4.58. The molecule has 0 bridgehead atoms. The molecule has 0 unspecified atom stereocenters. The van der Waals surface area contributed by atoms with Gasteiger partial charge >= 0.3 is 0 Å². The molecule has 0 saturated heterocycles. The number of nitrogens with zero attached hydrogens (tertiary/aromatic N) is 2. The number of benzene rings is 1. The summed E-state index contributed by atoms with van der Waals surface area (Å²) in [5, 5.41) is 3.89. The maximum atomic E-state index is 6.07. The SMILES string of the molecule is Clc1cnc(-c2ccccc2)nc1NC1CC1. The Morgan fingerprint density at radius 3 is 2.65 bits per heavy atom. The number of rotatable bonds is 3. The summed E-state index contributed by atoms with van der Waals surface area (Å²) in [6.45, 7) is 0. The Hall–Kier alpha value is -1.61. The van der Waals surface area contributed by atoms with Crippen LogP contribution in [0.1, 0.15) is 12.8 Å². The Morgan fingerprint density at radius 1 is 1.18 bits per heavy atom. The standard InChI is InChI=1S/C13H12ClN3/c14-11-8-15-12(9-4-2-1-3-5-9)17-13(11)16-10-6-7-10/h1-5,8,10H,6-7H2,(H,15,16,17). The zero-order valence-electron chi connectivity index (χ0n) is 9.23. The molecular weight excluding hydrogens is 234 g/mol. The summed E-state index contributed by atoms with van der Waals surface area (Å²) < 4.78 is 0. The number of hydrogen-bond acceptors (Lipinski definition) is 3. The van der Waals surface area contributed by atoms with Crippen LogP contribution in [0.5, 0.6) is 0 Å². The molecule has 1 aliphatic rings. The number of hydrogen-bond donors (Lipinski definition) is 1. The van der Waals surface area contributed by atoms with E-state index in [0.717, 1.165) is 11.4 Å². The molecule has 0 amide bonds. The Morgan fingerprint density at radius 2 is 1.94 bits per heavy atom. The molecule has 1 aliphatic carbocycles. The van der Waals surface area contributed by atoms with Gasteiger partial charge in [0.15, 0.2) is 5.82 Å². The van der Waals surface area contributed by atoms with Gasteiger partial charge in [-0.3, -0.25) is 0 Å². The molecule has 0 aliphatic heterocycles. The van der Waals surface area contributed by atoms with Gasteiger partial charge in [0.05, 0.1) is 6.20 Å². The third kappa shape index (κ3) is 2.39. The Kier molecular flexibility index (Phi) is 2.69. The lowest BCUT2D eigenvalue weighted by molar-refractivity contribution is 1.09. The summed E-state index contributed by atoms with van der Waals surface area (Å²) in [6.07, 6.45) is 4.05. The van der Waals surface area contributed by atoms with Crippen molar-refractivity contribution in [3.63, 3.8) is 0 Å². The average molecular weight is 246 g/mol. The van der Waals surface area contributed by atoms with E-state index >= 15 is 0 Å². The van der Waals surface area contributed by atoms with Gasteiger partial charge in [0.25, 0.3) is 0 Å². The lowest BCUT2D eigenvalue weighted by Gasteiger charge is -2.07. The molecule has 1 aromatic heterocycles. The van der Waals surface area contributed by atoms with Crippen LogP contribution in [0.4, 0.5) is 5.82 Å². The van der Waals surface area contributed by atoms with E-state index in [9.17, 15) is 0 Å². The summed E-state index contributed by atoms with van der Waals surface area (Å²) in [7, 11) is 0. The van der Waals surface area contributed by atoms with E-state index < -0.39 is 0 Å². The fourth-order valence-corrected chi connectivity index (χ4v) is 1.76. The van der Waals surface area contributed by atoms with Crippen LogP contribution >= 0.6 is 11.6 Å². The van der Waals surface area contributed by atoms with Crippen LogP contribution in [0.2, 0.25) is 5.02 Å². The highest BCUT2D eigenvalue weighted by Crippen LogP contribution is 2.28. The first-order valence-corrected chi connectivity index (χ1v) is 6.05. The number of aromatic nitrogens is 2. The van der Waals surface area contributed by atoms with Crippen molar-refractivity contribution in [3.8, 4) is 11.4 Å². The molecule has 1 heterocycles. The van der Waals surface area contributed by atoms with Crippen molar-refractivity contribution in [1.82, 2.24) is 9.97 Å². The zero-order valence-corrected chi connectivity index (χ0v) is 9.98. The van der Waals surface area contributed by atoms with Gasteiger partial charge in [-0.25, -0.2) is 9.97 Å². The summed E-state index contributed by atoms with van der Waals surface area (Å²) in [5.41, 5.74) is 1.00. The highest BCUT2D eigenvalue weighted by atomic mass is 35.5. The van der Waals surface area contributed by atoms with Crippen LogP contribution in [0.25, 0.3) is 11.4 Å². The van der Waals surface area contributed by atoms with E-state index in [2.05, 4.69) is 15.3 Å². The van der Waals surface area contributed by atoms with Crippen LogP contribution in [-0.2, 0) is 0 Å². The van der Waals surface area contributed by atoms with E-state index in [0.29, 0.717) is 16.9 Å². The Bertz CT molecular complexity index is 523. The van der Waals surface area contributed by atoms with E-state index in [4.69, 9.17) is 11.6 Å². The molecule has 1 N–H and O–H groups in total. The second kappa shape index (κ2) is 4.34. The number of anilines is 1. The van der Waals surface area contributed by atoms with Crippen molar-refractivity contribution in [3.05, 3.63) is 41.6 Å². The fourth-order valence-electron chi connectivity index (χ4n) is 1.62. The molecule has 86 valence electrons. The Balaban J connectivity index is 1.95. The first-order chi connectivity index (χ1) is 8.33. The predicted molar refractivity (Wildman–Crippen MR) is 69.1 cm³/mol. The van der Waals surface area contributed by atoms with Crippen LogP contribution in [-0.4, -0.2) is 16.0 Å². The number of halogens is 1. The third-order valence-corrected chi connectivity index (χ3v) is 2.97. The average Bonchev–Trinajstić information content (AvgIpc) is 3.17. The minimum atomic E-state index is 0.533. The zero-order chi connectivity index (χ0) is 11.7. The molecule has 1 aromatic carbocycles. The van der Waals surface area contributed by atoms with Gasteiger partial charge in [-0.1, -0.05) is 41.9 Å². The highest BCUT2D eigenvalue weighted by Gasteiger charge is 2.22. The van der Waals surface area contributed by atoms with E-state index in [1.807, 2.05) is 30.3 Å². The van der Waals surface area contributed by atoms with Crippen molar-refractivity contribution in [2.75, 3.05) is 5.32 Å². The molecule has 3 rings (SSSR count). The molecule has 2 aromatic rings. The first kappa shape index (κ1) is 10.5. The monoisotopic (exact) mass is 245 g/mol. The quantitative estimate of drug-likeness (QED) is 0.901. The topological polar surface area (TPSA) is 37.8 Å². The third-order valence-electron chi connectivity index (χ3n) is 2.69. The van der Waals surface area contributed by atoms with Gasteiger partial charge in [-0.2, -0.15) is 0 Å². The summed E-state index contributed by atoms with van der Waals surface area (Å²) >= 11 is 6.07. The molecule has 4 heteroatoms. The van der Waals surface area contributed by atoms with E-state index in [-0.39, 0.29) is 0 Å². The predicted octanol–water partition coefficient (Wildman–Crippen LogP) is 3.37. The molecule has 17 heavy (non-hydrogen) atoms. The molecule has 0 atom stereocenters. The molecule has 3 nitrogen and oxygen atoms in total. The van der Waals surface area contributed by atoms with Crippen LogP contribution < -0.4 is 5.32 Å². The Labute approximate surface area is 105 Å². The van der Waals surface area contributed by atoms with Gasteiger partial charge < -0.3 is 5.32 Å². The van der Waals surface area contributed by atoms with Gasteiger partial charge in [-0.05, 0) is 12.8 Å². The van der Waals surface area contributed by atoms with Gasteiger partial charge in [0.2, 0.25) is 0 Å². The molecular formula is C13H12ClN3. The lowest BCUT2D eigenvalue weighted by Crippen LogP contribution is -2.05. The van der Waals surface area contributed by atoms with Crippen molar-refractivity contribution >= 4 is 17.4 Å². The van der Waals surface area contributed by atoms with Crippen LogP contribution in [0.15, 0.2) is 36.5 Å². The fraction of sp³-hybridized carbons (Fsp3) is 0.231. The maximum Gasteiger partial charge on any atom is 0.161 e. The molecule has 0 radical (unpaired) electrons. The maximum absolute atomic E-state index is 6.07. The summed E-state index contributed by atoms with van der Waals surface area (Å²) in [5.74, 6) is 1.45. The minimum absolute atomic E-state index is 0.533. The number of nitrogens with one attached hydrogen (secondary N) is 1. The molecule has 0 spiro atoms. The summed E-state index contributed by atoms with van der Waals surface area (Å²) in [6, 6.07) is 10.4. The first-order valence-electron chi connectivity index (χ1n) is 5.67. The smallest absolute Gasteiger partial charge is 0.161 e. The van der Waals surface area contributed by atoms with Crippen molar-refractivity contribution in [2.24, 2.45) is 0 Å². The van der Waals surface area contributed by atoms with Crippen molar-refractivity contribution < 1.29 is 0 Å². The van der Waals surface area contributed by atoms with Gasteiger partial charge in [0.1, 0.15) is 10.8 Å². The van der Waals surface area contributed by atoms with Crippen molar-refractivity contribution in [1.29, 1.82) is 0 Å². The normalized spacial score (nSPS) is 14.6. The molecule has 1 saturated carbocycles. The van der Waals surface area contributed by atoms with Crippen molar-refractivity contribution in [2.45, 2.75) is 18.9 Å². The van der Waals surface area contributed by atoms with Crippen LogP contribution in [0.3, 0.4) is 0 Å². The largest absolute Gasteiger partial charge is 0.366 e. The minimum Gasteiger partial charge on any atom is -0.366 e. The summed E-state index contributed by atoms with van der Waals surface area (Å²) in [4.78, 5) is 8.72. The molecule has 1 fully saturated rings. The van der Waals surface area contributed by atoms with E-state index in [1.165, 1.54) is 12.8 Å². The van der Waals surface area contributed by atoms with Crippen LogP contribution in [0, 0.1) is 0 Å². The van der Waals surface area contributed by atoms with Gasteiger partial charge in [-0.15, -0.1) is 0 Å². The van der Waals surface area contributed by atoms with E-state index in [1.54, 1.807) is 6.20 Å².